The van der Waals surface area contributed by atoms with Gasteiger partial charge in [0.15, 0.2) is 0 Å². The van der Waals surface area contributed by atoms with Crippen molar-refractivity contribution in [1.82, 2.24) is 0 Å². The highest BCUT2D eigenvalue weighted by Crippen LogP contribution is 2.16. The average molecular weight is 915 g/mol. The Morgan fingerprint density at radius 1 is 0.234 bits per heavy atom. The van der Waals surface area contributed by atoms with Crippen LogP contribution in [0.3, 0.4) is 0 Å². The van der Waals surface area contributed by atoms with E-state index in [2.05, 4.69) is 38.1 Å². The van der Waals surface area contributed by atoms with Crippen LogP contribution in [0.1, 0.15) is 148 Å². The molecule has 0 amide bonds. The van der Waals surface area contributed by atoms with Gasteiger partial charge in [-0.05, 0) is 37.0 Å². The molecule has 0 aromatic heterocycles. The van der Waals surface area contributed by atoms with Crippen LogP contribution in [0.4, 0.5) is 0 Å². The molecule has 0 saturated carbocycles. The Bertz CT molecular complexity index is 988. The Morgan fingerprint density at radius 3 is 0.766 bits per heavy atom. The Morgan fingerprint density at radius 2 is 0.469 bits per heavy atom. The van der Waals surface area contributed by atoms with E-state index in [0.29, 0.717) is 145 Å². The van der Waals surface area contributed by atoms with Crippen LogP contribution >= 0.6 is 0 Å². The summed E-state index contributed by atoms with van der Waals surface area (Å²) in [4.78, 5) is 0. The zero-order valence-electron chi connectivity index (χ0n) is 41.3. The molecule has 0 heterocycles. The predicted octanol–water partition coefficient (Wildman–Crippen LogP) is 10.6. The maximum absolute atomic E-state index is 5.79. The summed E-state index contributed by atoms with van der Waals surface area (Å²) >= 11 is 0. The maximum atomic E-state index is 5.79. The normalized spacial score (nSPS) is 11.6. The molecule has 0 spiro atoms. The van der Waals surface area contributed by atoms with E-state index >= 15 is 0 Å². The quantitative estimate of drug-likeness (QED) is 0.0580. The third-order valence-electron chi connectivity index (χ3n) is 10.6. The van der Waals surface area contributed by atoms with Crippen LogP contribution in [-0.4, -0.2) is 152 Å². The number of hydrogen-bond acceptors (Lipinski definition) is 12. The van der Waals surface area contributed by atoms with Crippen molar-refractivity contribution < 1.29 is 56.8 Å². The topological polar surface area (TPSA) is 111 Å². The van der Waals surface area contributed by atoms with Crippen molar-refractivity contribution in [3.8, 4) is 5.75 Å². The molecule has 0 aliphatic carbocycles. The molecular formula is C52H98O12. The second-order valence-electron chi connectivity index (χ2n) is 16.3. The number of rotatable bonds is 56. The summed E-state index contributed by atoms with van der Waals surface area (Å²) in [6.07, 6.45) is 28.3. The molecule has 12 nitrogen and oxygen atoms in total. The Hall–Kier alpha value is -1.42. The molecule has 0 atom stereocenters. The van der Waals surface area contributed by atoms with Gasteiger partial charge in [0.05, 0.1) is 139 Å². The number of aryl methyl sites for hydroxylation is 1. The van der Waals surface area contributed by atoms with Gasteiger partial charge in [0, 0.05) is 6.61 Å². The van der Waals surface area contributed by atoms with Crippen molar-refractivity contribution in [2.45, 2.75) is 149 Å². The van der Waals surface area contributed by atoms with E-state index in [1.165, 1.54) is 128 Å². The van der Waals surface area contributed by atoms with Crippen molar-refractivity contribution in [3.63, 3.8) is 0 Å². The molecule has 1 aromatic rings. The summed E-state index contributed by atoms with van der Waals surface area (Å²) in [5, 5.41) is 0. The minimum absolute atomic E-state index is 0.516. The van der Waals surface area contributed by atoms with E-state index in [1.807, 2.05) is 0 Å². The third-order valence-corrected chi connectivity index (χ3v) is 10.6. The fraction of sp³-hybridized carbons (Fsp3) is 0.885. The first kappa shape index (κ1) is 60.6. The van der Waals surface area contributed by atoms with E-state index in [1.54, 1.807) is 0 Å². The largest absolute Gasteiger partial charge is 0.491 e. The standard InChI is InChI=1S/C52H98O12/c1-3-5-7-9-11-12-13-14-15-16-17-18-20-22-28-53-29-30-54-31-32-55-33-34-56-35-36-57-37-38-58-39-40-59-41-42-60-43-44-61-45-46-62-47-48-63-49-50-64-52-26-24-51(25-27-52)23-21-19-10-8-6-4-2/h24-27H,3-23,28-50H2,1-2H3. The van der Waals surface area contributed by atoms with E-state index in [4.69, 9.17) is 56.8 Å². The Balaban J connectivity index is 1.64. The van der Waals surface area contributed by atoms with Gasteiger partial charge in [0.2, 0.25) is 0 Å². The summed E-state index contributed by atoms with van der Waals surface area (Å²) in [5.74, 6) is 0.887. The van der Waals surface area contributed by atoms with E-state index < -0.39 is 0 Å². The van der Waals surface area contributed by atoms with Gasteiger partial charge in [-0.1, -0.05) is 142 Å². The summed E-state index contributed by atoms with van der Waals surface area (Å²) in [6.45, 7) is 17.2. The minimum atomic E-state index is 0.516. The van der Waals surface area contributed by atoms with Crippen molar-refractivity contribution >= 4 is 0 Å². The average Bonchev–Trinajstić information content (AvgIpc) is 3.31. The van der Waals surface area contributed by atoms with Crippen LogP contribution in [-0.2, 0) is 58.5 Å². The van der Waals surface area contributed by atoms with Crippen LogP contribution in [0.2, 0.25) is 0 Å². The molecule has 0 aliphatic heterocycles. The maximum Gasteiger partial charge on any atom is 0.119 e. The lowest BCUT2D eigenvalue weighted by Gasteiger charge is -2.09. The predicted molar refractivity (Wildman–Crippen MR) is 258 cm³/mol. The highest BCUT2D eigenvalue weighted by molar-refractivity contribution is 5.27. The molecule has 1 aromatic carbocycles. The number of ether oxygens (including phenoxy) is 12. The highest BCUT2D eigenvalue weighted by atomic mass is 16.6. The Kier molecular flexibility index (Phi) is 51.3. The van der Waals surface area contributed by atoms with E-state index in [9.17, 15) is 0 Å². The minimum Gasteiger partial charge on any atom is -0.491 e. The molecule has 12 heteroatoms. The fourth-order valence-electron chi connectivity index (χ4n) is 6.78. The second kappa shape index (κ2) is 54.2. The number of hydrogen-bond donors (Lipinski definition) is 0. The summed E-state index contributed by atoms with van der Waals surface area (Å²) in [7, 11) is 0. The lowest BCUT2D eigenvalue weighted by molar-refractivity contribution is -0.0277. The first-order chi connectivity index (χ1) is 31.9. The molecule has 1 rings (SSSR count). The molecule has 0 bridgehead atoms. The van der Waals surface area contributed by atoms with Crippen molar-refractivity contribution in [1.29, 1.82) is 0 Å². The van der Waals surface area contributed by atoms with Crippen LogP contribution < -0.4 is 4.74 Å². The lowest BCUT2D eigenvalue weighted by Crippen LogP contribution is -2.15. The first-order valence-corrected chi connectivity index (χ1v) is 25.9. The SMILES string of the molecule is CCCCCCCCCCCCCCCCOCCOCCOCCOCCOCCOCCOCCOCCOCCOCCOCCOc1ccc(CCCCCCCC)cc1. The molecule has 0 fully saturated rings. The van der Waals surface area contributed by atoms with Gasteiger partial charge in [-0.25, -0.2) is 0 Å². The highest BCUT2D eigenvalue weighted by Gasteiger charge is 2.00. The summed E-state index contributed by atoms with van der Waals surface area (Å²) in [6, 6.07) is 8.45. The van der Waals surface area contributed by atoms with Gasteiger partial charge in [-0.3, -0.25) is 0 Å². The Labute approximate surface area is 392 Å². The van der Waals surface area contributed by atoms with E-state index in [-0.39, 0.29) is 0 Å². The van der Waals surface area contributed by atoms with Gasteiger partial charge < -0.3 is 56.8 Å². The molecule has 0 unspecified atom stereocenters. The molecule has 0 saturated heterocycles. The lowest BCUT2D eigenvalue weighted by atomic mass is 10.0. The van der Waals surface area contributed by atoms with Crippen LogP contribution in [0.15, 0.2) is 24.3 Å². The summed E-state index contributed by atoms with van der Waals surface area (Å²) < 4.78 is 67.1. The van der Waals surface area contributed by atoms with Crippen LogP contribution in [0.25, 0.3) is 0 Å². The third kappa shape index (κ3) is 48.5. The van der Waals surface area contributed by atoms with E-state index in [0.717, 1.165) is 25.2 Å². The van der Waals surface area contributed by atoms with Crippen molar-refractivity contribution in [2.24, 2.45) is 0 Å². The zero-order valence-corrected chi connectivity index (χ0v) is 41.3. The van der Waals surface area contributed by atoms with Gasteiger partial charge in [-0.15, -0.1) is 0 Å². The zero-order chi connectivity index (χ0) is 45.6. The van der Waals surface area contributed by atoms with Gasteiger partial charge >= 0.3 is 0 Å². The summed E-state index contributed by atoms with van der Waals surface area (Å²) in [5.41, 5.74) is 1.38. The van der Waals surface area contributed by atoms with Gasteiger partial charge in [0.1, 0.15) is 12.4 Å². The smallest absolute Gasteiger partial charge is 0.119 e. The van der Waals surface area contributed by atoms with Crippen LogP contribution in [0.5, 0.6) is 5.75 Å². The molecular weight excluding hydrogens is 817 g/mol. The molecule has 0 radical (unpaired) electrons. The molecule has 0 N–H and O–H groups in total. The second-order valence-corrected chi connectivity index (χ2v) is 16.3. The van der Waals surface area contributed by atoms with Gasteiger partial charge in [-0.2, -0.15) is 0 Å². The van der Waals surface area contributed by atoms with Crippen LogP contribution in [0, 0.1) is 0 Å². The van der Waals surface area contributed by atoms with Crippen molar-refractivity contribution in [3.05, 3.63) is 29.8 Å². The van der Waals surface area contributed by atoms with Crippen molar-refractivity contribution in [2.75, 3.05) is 152 Å². The number of benzene rings is 1. The molecule has 0 aliphatic rings. The monoisotopic (exact) mass is 915 g/mol. The molecule has 378 valence electrons. The fourth-order valence-corrected chi connectivity index (χ4v) is 6.78. The number of unbranched alkanes of at least 4 members (excludes halogenated alkanes) is 18. The first-order valence-electron chi connectivity index (χ1n) is 25.9. The van der Waals surface area contributed by atoms with Gasteiger partial charge in [0.25, 0.3) is 0 Å². The molecule has 64 heavy (non-hydrogen) atoms.